The molecule has 0 aromatic carbocycles. The van der Waals surface area contributed by atoms with Gasteiger partial charge in [0.1, 0.15) is 6.10 Å². The summed E-state index contributed by atoms with van der Waals surface area (Å²) < 4.78 is 17.6. The van der Waals surface area contributed by atoms with Crippen LogP contribution < -0.4 is 0 Å². The van der Waals surface area contributed by atoms with Gasteiger partial charge in [0.15, 0.2) is 0 Å². The van der Waals surface area contributed by atoms with E-state index in [2.05, 4.69) is 12.1 Å². The Hall–Kier alpha value is -1.48. The number of ether oxygens (including phenoxy) is 3. The van der Waals surface area contributed by atoms with Crippen molar-refractivity contribution in [2.45, 2.75) is 198 Å². The van der Waals surface area contributed by atoms with E-state index >= 15 is 0 Å². The van der Waals surface area contributed by atoms with Crippen molar-refractivity contribution in [1.82, 2.24) is 0 Å². The first-order chi connectivity index (χ1) is 20.9. The Morgan fingerprint density at radius 1 is 0.791 bits per heavy atom. The summed E-state index contributed by atoms with van der Waals surface area (Å²) >= 11 is 0. The number of cyclic esters (lactones) is 1. The van der Waals surface area contributed by atoms with Crippen LogP contribution in [0.3, 0.4) is 0 Å². The van der Waals surface area contributed by atoms with Crippen LogP contribution in [0.15, 0.2) is 16.8 Å². The molecular weight excluding hydrogens is 546 g/mol. The van der Waals surface area contributed by atoms with Crippen LogP contribution in [0.5, 0.6) is 0 Å². The first-order valence-electron chi connectivity index (χ1n) is 17.7. The summed E-state index contributed by atoms with van der Waals surface area (Å²) in [5.41, 5.74) is 1.66. The molecule has 0 radical (unpaired) electrons. The lowest BCUT2D eigenvalue weighted by molar-refractivity contribution is -0.139. The van der Waals surface area contributed by atoms with Crippen LogP contribution >= 0.6 is 0 Å². The zero-order chi connectivity index (χ0) is 30.9. The maximum absolute atomic E-state index is 11.7. The quantitative estimate of drug-likeness (QED) is 0.0361. The second kappa shape index (κ2) is 20.5. The van der Waals surface area contributed by atoms with E-state index < -0.39 is 6.10 Å². The summed E-state index contributed by atoms with van der Waals surface area (Å²) in [6.07, 6.45) is 22.6. The highest BCUT2D eigenvalue weighted by atomic mass is 16.6. The number of aliphatic hydroxyl groups excluding tert-OH is 2. The second-order valence-electron chi connectivity index (χ2n) is 13.3. The topological polar surface area (TPSA) is 118 Å². The molecule has 7 atom stereocenters. The molecule has 0 aromatic heterocycles. The maximum atomic E-state index is 11.7. The number of nitrogens with zero attached hydrogens (tertiary/aromatic N) is 1. The summed E-state index contributed by atoms with van der Waals surface area (Å²) in [5.74, 6) is -0.161. The molecule has 3 aliphatic rings. The predicted octanol–water partition coefficient (Wildman–Crippen LogP) is 7.55. The van der Waals surface area contributed by atoms with Crippen molar-refractivity contribution >= 4 is 11.7 Å². The number of rotatable bonds is 23. The van der Waals surface area contributed by atoms with Crippen molar-refractivity contribution in [2.75, 3.05) is 0 Å². The lowest BCUT2D eigenvalue weighted by atomic mass is 10.00. The largest absolute Gasteiger partial charge is 0.455 e. The molecule has 2 fully saturated rings. The molecule has 0 aliphatic carbocycles. The Balaban J connectivity index is 1.19. The molecule has 3 aliphatic heterocycles. The van der Waals surface area contributed by atoms with Crippen LogP contribution in [0.25, 0.3) is 0 Å². The molecule has 0 bridgehead atoms. The summed E-state index contributed by atoms with van der Waals surface area (Å²) in [5, 5.41) is 34.3. The second-order valence-corrected chi connectivity index (χ2v) is 13.3. The van der Waals surface area contributed by atoms with E-state index in [0.29, 0.717) is 6.42 Å². The van der Waals surface area contributed by atoms with Crippen LogP contribution in [0.1, 0.15) is 155 Å². The van der Waals surface area contributed by atoms with E-state index in [0.717, 1.165) is 114 Å². The number of aliphatic hydroxyl groups is 2. The van der Waals surface area contributed by atoms with Crippen LogP contribution in [0.2, 0.25) is 0 Å². The minimum absolute atomic E-state index is 0.0130. The SMILES string of the molecule is CCCCCCCC[C@H](O)C1CC[C@H]([C@H]2CCC([C@H](O)CCCC/C(CCCCCCCC3=C[C@H](C)OC3=O)=N/O)O2)O1. The maximum Gasteiger partial charge on any atom is 0.334 e. The number of carbonyl (C=O) groups excluding carboxylic acids is 1. The van der Waals surface area contributed by atoms with Crippen molar-refractivity contribution in [3.63, 3.8) is 0 Å². The zero-order valence-electron chi connectivity index (χ0n) is 27.1. The van der Waals surface area contributed by atoms with Gasteiger partial charge < -0.3 is 29.6 Å². The molecule has 248 valence electrons. The Bertz CT molecular complexity index is 846. The Morgan fingerprint density at radius 2 is 1.30 bits per heavy atom. The molecule has 0 spiro atoms. The van der Waals surface area contributed by atoms with Crippen LogP contribution in [0, 0.1) is 0 Å². The molecule has 8 heteroatoms. The Morgan fingerprint density at radius 3 is 1.86 bits per heavy atom. The highest BCUT2D eigenvalue weighted by molar-refractivity contribution is 5.90. The third-order valence-electron chi connectivity index (χ3n) is 9.56. The molecular formula is C35H61NO7. The van der Waals surface area contributed by atoms with Gasteiger partial charge in [0, 0.05) is 5.57 Å². The highest BCUT2D eigenvalue weighted by Crippen LogP contribution is 2.34. The van der Waals surface area contributed by atoms with Crippen molar-refractivity contribution < 1.29 is 34.4 Å². The fraction of sp³-hybridized carbons (Fsp3) is 0.886. The van der Waals surface area contributed by atoms with Gasteiger partial charge in [-0.05, 0) is 90.0 Å². The standard InChI is InChI=1S/C35H61NO7/c1-3-4-5-6-10-13-19-29(37)31-21-23-33(42-31)34-24-22-32(43-34)30(38)20-15-14-18-28(36-40)17-12-9-7-8-11-16-27-25-26(2)41-35(27)39/h25-26,29-34,37-38,40H,3-24H2,1-2H3/b36-28+/t26-,29-,30+,31?,32?,33+,34+/m0/s1. The molecule has 8 nitrogen and oxygen atoms in total. The molecule has 3 heterocycles. The number of oxime groups is 1. The smallest absolute Gasteiger partial charge is 0.334 e. The van der Waals surface area contributed by atoms with E-state index in [1.165, 1.54) is 32.1 Å². The summed E-state index contributed by atoms with van der Waals surface area (Å²) in [7, 11) is 0. The Kier molecular flexibility index (Phi) is 17.2. The number of unbranched alkanes of at least 4 members (excludes halogenated alkanes) is 10. The van der Waals surface area contributed by atoms with E-state index in [9.17, 15) is 20.2 Å². The average molecular weight is 608 g/mol. The van der Waals surface area contributed by atoms with Crippen molar-refractivity contribution in [2.24, 2.45) is 5.16 Å². The van der Waals surface area contributed by atoms with Gasteiger partial charge in [0.25, 0.3) is 0 Å². The van der Waals surface area contributed by atoms with E-state index in [4.69, 9.17) is 14.2 Å². The molecule has 3 rings (SSSR count). The summed E-state index contributed by atoms with van der Waals surface area (Å²) in [6, 6.07) is 0. The normalized spacial score (nSPS) is 27.4. The first kappa shape index (κ1) is 36.0. The van der Waals surface area contributed by atoms with Crippen LogP contribution in [-0.4, -0.2) is 69.8 Å². The van der Waals surface area contributed by atoms with Gasteiger partial charge in [-0.15, -0.1) is 0 Å². The Labute approximate surface area is 260 Å². The van der Waals surface area contributed by atoms with Crippen molar-refractivity contribution in [3.05, 3.63) is 11.6 Å². The summed E-state index contributed by atoms with van der Waals surface area (Å²) in [4.78, 5) is 11.7. The van der Waals surface area contributed by atoms with Gasteiger partial charge in [0.05, 0.1) is 42.3 Å². The molecule has 0 saturated carbocycles. The monoisotopic (exact) mass is 607 g/mol. The fourth-order valence-electron chi connectivity index (χ4n) is 6.89. The number of hydrogen-bond acceptors (Lipinski definition) is 8. The molecule has 3 N–H and O–H groups in total. The lowest BCUT2D eigenvalue weighted by Crippen LogP contribution is -2.33. The molecule has 2 saturated heterocycles. The van der Waals surface area contributed by atoms with Crippen molar-refractivity contribution in [1.29, 1.82) is 0 Å². The zero-order valence-corrected chi connectivity index (χ0v) is 27.1. The molecule has 0 amide bonds. The molecule has 2 unspecified atom stereocenters. The van der Waals surface area contributed by atoms with Gasteiger partial charge in [-0.3, -0.25) is 0 Å². The third-order valence-corrected chi connectivity index (χ3v) is 9.56. The van der Waals surface area contributed by atoms with E-state index in [1.54, 1.807) is 0 Å². The van der Waals surface area contributed by atoms with Gasteiger partial charge in [-0.25, -0.2) is 4.79 Å². The summed E-state index contributed by atoms with van der Waals surface area (Å²) in [6.45, 7) is 4.12. The van der Waals surface area contributed by atoms with E-state index in [1.807, 2.05) is 13.0 Å². The minimum atomic E-state index is -0.486. The number of hydrogen-bond donors (Lipinski definition) is 3. The van der Waals surface area contributed by atoms with Gasteiger partial charge in [-0.2, -0.15) is 0 Å². The van der Waals surface area contributed by atoms with Gasteiger partial charge in [-0.1, -0.05) is 76.3 Å². The van der Waals surface area contributed by atoms with E-state index in [-0.39, 0.29) is 42.6 Å². The lowest BCUT2D eigenvalue weighted by Gasteiger charge is -2.24. The highest BCUT2D eigenvalue weighted by Gasteiger charge is 2.40. The minimum Gasteiger partial charge on any atom is -0.455 e. The first-order valence-corrected chi connectivity index (χ1v) is 17.7. The average Bonchev–Trinajstić information content (AvgIpc) is 3.75. The van der Waals surface area contributed by atoms with Crippen molar-refractivity contribution in [3.8, 4) is 0 Å². The fourth-order valence-corrected chi connectivity index (χ4v) is 6.89. The third kappa shape index (κ3) is 13.2. The van der Waals surface area contributed by atoms with Gasteiger partial charge in [0.2, 0.25) is 0 Å². The van der Waals surface area contributed by atoms with Crippen LogP contribution in [0.4, 0.5) is 0 Å². The van der Waals surface area contributed by atoms with Gasteiger partial charge >= 0.3 is 5.97 Å². The van der Waals surface area contributed by atoms with Crippen LogP contribution in [-0.2, 0) is 19.0 Å². The number of carbonyl (C=O) groups is 1. The molecule has 0 aromatic rings. The predicted molar refractivity (Wildman–Crippen MR) is 169 cm³/mol. The molecule has 43 heavy (non-hydrogen) atoms. The number of esters is 1.